The Morgan fingerprint density at radius 2 is 1.41 bits per heavy atom. The highest BCUT2D eigenvalue weighted by Gasteiger charge is 2.58. The van der Waals surface area contributed by atoms with Gasteiger partial charge in [0.2, 0.25) is 0 Å². The number of anilines is 1. The van der Waals surface area contributed by atoms with E-state index < -0.39 is 30.7 Å². The van der Waals surface area contributed by atoms with Crippen molar-refractivity contribution in [3.63, 3.8) is 0 Å². The largest absolute Gasteiger partial charge is 0.402 e. The van der Waals surface area contributed by atoms with Crippen molar-refractivity contribution in [2.75, 3.05) is 5.73 Å². The highest BCUT2D eigenvalue weighted by molar-refractivity contribution is 8.06. The molecule has 0 saturated carbocycles. The summed E-state index contributed by atoms with van der Waals surface area (Å²) in [4.78, 5) is 0. The number of benzene rings is 1. The van der Waals surface area contributed by atoms with Gasteiger partial charge in [-0.05, 0) is 23.8 Å². The summed E-state index contributed by atoms with van der Waals surface area (Å²) < 4.78 is 63.3. The van der Waals surface area contributed by atoms with Gasteiger partial charge in [-0.15, -0.1) is 0 Å². The van der Waals surface area contributed by atoms with Crippen LogP contribution in [-0.4, -0.2) is 30.0 Å². The minimum atomic E-state index is -5.24. The van der Waals surface area contributed by atoms with Gasteiger partial charge < -0.3 is 11.5 Å². The van der Waals surface area contributed by atoms with Crippen LogP contribution in [0.25, 0.3) is 5.57 Å². The fourth-order valence-electron chi connectivity index (χ4n) is 2.31. The van der Waals surface area contributed by atoms with Crippen molar-refractivity contribution in [2.45, 2.75) is 10.5 Å². The first-order valence-corrected chi connectivity index (χ1v) is 8.84. The van der Waals surface area contributed by atoms with Crippen LogP contribution in [0, 0.1) is 0 Å². The molecule has 1 aliphatic rings. The van der Waals surface area contributed by atoms with Gasteiger partial charge in [0, 0.05) is 23.4 Å². The van der Waals surface area contributed by atoms with E-state index in [0.717, 1.165) is 6.08 Å². The number of nitrogen functional groups attached to an aromatic ring is 1. The number of nitrogens with two attached hydrogens (primary N) is 2. The lowest BCUT2D eigenvalue weighted by molar-refractivity contribution is 0.438. The van der Waals surface area contributed by atoms with Crippen LogP contribution >= 0.6 is 0 Å². The molecule has 6 N–H and O–H groups in total. The number of allylic oxidation sites excluding steroid dienone is 3. The van der Waals surface area contributed by atoms with Crippen molar-refractivity contribution >= 4 is 31.5 Å². The van der Waals surface area contributed by atoms with Crippen LogP contribution in [0.3, 0.4) is 0 Å². The predicted octanol–water partition coefficient (Wildman–Crippen LogP) is 0.370. The number of rotatable bonds is 3. The summed E-state index contributed by atoms with van der Waals surface area (Å²) in [6, 6.07) is 5.61. The first-order chi connectivity index (χ1) is 9.99. The maximum absolute atomic E-state index is 11.8. The van der Waals surface area contributed by atoms with E-state index in [1.165, 1.54) is 30.3 Å². The SMILES string of the molecule is NC1=CC=C(c2ccc(N)cc2)C(S(=O)(=O)O)(S(=O)(=O)O)C1. The van der Waals surface area contributed by atoms with E-state index in [9.17, 15) is 25.9 Å². The average Bonchev–Trinajstić information content (AvgIpc) is 2.37. The Balaban J connectivity index is 2.85. The zero-order chi connectivity index (χ0) is 16.8. The molecule has 22 heavy (non-hydrogen) atoms. The van der Waals surface area contributed by atoms with Crippen LogP contribution in [0.5, 0.6) is 0 Å². The first kappa shape index (κ1) is 16.5. The summed E-state index contributed by atoms with van der Waals surface area (Å²) in [5, 5.41) is 0. The van der Waals surface area contributed by atoms with Crippen molar-refractivity contribution in [2.24, 2.45) is 5.73 Å². The summed E-state index contributed by atoms with van der Waals surface area (Å²) in [7, 11) is -10.5. The highest BCUT2D eigenvalue weighted by Crippen LogP contribution is 2.44. The molecule has 120 valence electrons. The Morgan fingerprint density at radius 3 is 1.86 bits per heavy atom. The van der Waals surface area contributed by atoms with E-state index in [-0.39, 0.29) is 16.8 Å². The highest BCUT2D eigenvalue weighted by atomic mass is 32.3. The molecule has 0 bridgehead atoms. The average molecular weight is 346 g/mol. The fraction of sp³-hybridized carbons (Fsp3) is 0.167. The summed E-state index contributed by atoms with van der Waals surface area (Å²) in [6.07, 6.45) is 1.65. The quantitative estimate of drug-likeness (QED) is 0.451. The van der Waals surface area contributed by atoms with Crippen molar-refractivity contribution in [1.82, 2.24) is 0 Å². The van der Waals surface area contributed by atoms with Crippen LogP contribution < -0.4 is 11.5 Å². The van der Waals surface area contributed by atoms with E-state index in [4.69, 9.17) is 11.5 Å². The third-order valence-corrected chi connectivity index (χ3v) is 7.03. The topological polar surface area (TPSA) is 161 Å². The van der Waals surface area contributed by atoms with E-state index in [0.29, 0.717) is 5.69 Å². The molecule has 0 atom stereocenters. The maximum Gasteiger partial charge on any atom is 0.292 e. The second kappa shape index (κ2) is 5.09. The Morgan fingerprint density at radius 1 is 0.909 bits per heavy atom. The van der Waals surface area contributed by atoms with Gasteiger partial charge in [0.1, 0.15) is 0 Å². The molecule has 1 aromatic carbocycles. The molecule has 0 radical (unpaired) electrons. The lowest BCUT2D eigenvalue weighted by Gasteiger charge is -2.32. The van der Waals surface area contributed by atoms with Gasteiger partial charge in [0.05, 0.1) is 0 Å². The minimum absolute atomic E-state index is 0.116. The molecule has 0 aromatic heterocycles. The zero-order valence-electron chi connectivity index (χ0n) is 11.2. The Hall–Kier alpha value is -1.88. The smallest absolute Gasteiger partial charge is 0.292 e. The van der Waals surface area contributed by atoms with Gasteiger partial charge in [-0.3, -0.25) is 9.11 Å². The molecule has 0 heterocycles. The molecule has 2 rings (SSSR count). The van der Waals surface area contributed by atoms with Crippen LogP contribution in [0.1, 0.15) is 12.0 Å². The van der Waals surface area contributed by atoms with E-state index >= 15 is 0 Å². The number of hydrogen-bond acceptors (Lipinski definition) is 6. The predicted molar refractivity (Wildman–Crippen MR) is 81.5 cm³/mol. The van der Waals surface area contributed by atoms with Gasteiger partial charge in [-0.25, -0.2) is 0 Å². The van der Waals surface area contributed by atoms with Crippen LogP contribution in [-0.2, 0) is 20.2 Å². The molecule has 0 spiro atoms. The molecule has 0 amide bonds. The Bertz CT molecular complexity index is 835. The van der Waals surface area contributed by atoms with Gasteiger partial charge in [0.25, 0.3) is 24.3 Å². The molecule has 0 unspecified atom stereocenters. The van der Waals surface area contributed by atoms with Gasteiger partial charge in [-0.1, -0.05) is 18.2 Å². The standard InChI is InChI=1S/C12H14N2O6S2/c13-9-3-1-8(2-4-9)11-6-5-10(14)7-12(11,21(15,16)17)22(18,19)20/h1-6H,7,13-14H2,(H,15,16,17)(H,18,19,20). The van der Waals surface area contributed by atoms with Crippen molar-refractivity contribution in [1.29, 1.82) is 0 Å². The molecule has 0 aliphatic heterocycles. The molecule has 0 saturated heterocycles. The van der Waals surface area contributed by atoms with Crippen LogP contribution in [0.4, 0.5) is 5.69 Å². The van der Waals surface area contributed by atoms with Crippen LogP contribution in [0.2, 0.25) is 0 Å². The molecule has 1 aromatic rings. The molecule has 0 fully saturated rings. The van der Waals surface area contributed by atoms with E-state index in [2.05, 4.69) is 0 Å². The van der Waals surface area contributed by atoms with Gasteiger partial charge >= 0.3 is 0 Å². The maximum atomic E-state index is 11.8. The lowest BCUT2D eigenvalue weighted by Crippen LogP contribution is -2.48. The van der Waals surface area contributed by atoms with Crippen molar-refractivity contribution in [3.8, 4) is 0 Å². The van der Waals surface area contributed by atoms with E-state index in [1.807, 2.05) is 0 Å². The number of hydrogen-bond donors (Lipinski definition) is 4. The minimum Gasteiger partial charge on any atom is -0.402 e. The normalized spacial score (nSPS) is 18.5. The third-order valence-electron chi connectivity index (χ3n) is 3.37. The van der Waals surface area contributed by atoms with Crippen molar-refractivity contribution < 1.29 is 25.9 Å². The lowest BCUT2D eigenvalue weighted by atomic mass is 9.94. The summed E-state index contributed by atoms with van der Waals surface area (Å²) in [5.74, 6) is 0. The van der Waals surface area contributed by atoms with Gasteiger partial charge in [-0.2, -0.15) is 16.8 Å². The molecule has 10 heteroatoms. The molecular formula is C12H14N2O6S2. The fourth-order valence-corrected chi connectivity index (χ4v) is 5.00. The van der Waals surface area contributed by atoms with Crippen molar-refractivity contribution in [3.05, 3.63) is 47.7 Å². The second-order valence-corrected chi connectivity index (χ2v) is 8.38. The molecule has 8 nitrogen and oxygen atoms in total. The van der Waals surface area contributed by atoms with E-state index in [1.54, 1.807) is 0 Å². The summed E-state index contributed by atoms with van der Waals surface area (Å²) in [6.45, 7) is 0. The third kappa shape index (κ3) is 2.50. The summed E-state index contributed by atoms with van der Waals surface area (Å²) >= 11 is 0. The molecule has 1 aliphatic carbocycles. The summed E-state index contributed by atoms with van der Waals surface area (Å²) in [5.41, 5.74) is 11.1. The Labute approximate surface area is 127 Å². The monoisotopic (exact) mass is 346 g/mol. The first-order valence-electron chi connectivity index (χ1n) is 5.96. The zero-order valence-corrected chi connectivity index (χ0v) is 12.8. The van der Waals surface area contributed by atoms with Gasteiger partial charge in [0.15, 0.2) is 0 Å². The molecular weight excluding hydrogens is 332 g/mol. The van der Waals surface area contributed by atoms with Crippen LogP contribution in [0.15, 0.2) is 42.1 Å². The Kier molecular flexibility index (Phi) is 3.81. The second-order valence-electron chi connectivity index (χ2n) is 4.82.